The van der Waals surface area contributed by atoms with Gasteiger partial charge in [-0.1, -0.05) is 53.5 Å². The Labute approximate surface area is 171 Å². The molecule has 2 aliphatic rings. The Kier molecular flexibility index (Phi) is 5.39. The minimum Gasteiger partial charge on any atom is -0.390 e. The summed E-state index contributed by atoms with van der Waals surface area (Å²) in [5.41, 5.74) is 3.18. The molecular weight excluding hydrogens is 379 g/mol. The van der Waals surface area contributed by atoms with Crippen molar-refractivity contribution < 1.29 is 5.11 Å². The smallest absolute Gasteiger partial charge is 0.0745 e. The second-order valence-electron chi connectivity index (χ2n) is 8.19. The van der Waals surface area contributed by atoms with Crippen LogP contribution in [0.5, 0.6) is 0 Å². The van der Waals surface area contributed by atoms with Crippen molar-refractivity contribution >= 4 is 28.9 Å². The topological polar surface area (TPSA) is 26.7 Å². The summed E-state index contributed by atoms with van der Waals surface area (Å²) in [5.74, 6) is 0.525. The monoisotopic (exact) mass is 404 g/mol. The van der Waals surface area contributed by atoms with Gasteiger partial charge in [-0.3, -0.25) is 4.90 Å². The van der Waals surface area contributed by atoms with E-state index in [0.717, 1.165) is 61.3 Å². The molecule has 0 atom stereocenters. The normalized spacial score (nSPS) is 20.5. The van der Waals surface area contributed by atoms with Crippen LogP contribution in [0.3, 0.4) is 0 Å². The highest BCUT2D eigenvalue weighted by atomic mass is 35.5. The molecular formula is C22H26Cl2N2O. The van der Waals surface area contributed by atoms with Crippen LogP contribution in [-0.2, 0) is 6.54 Å². The number of nitrogens with zero attached hydrogens (tertiary/aromatic N) is 2. The Morgan fingerprint density at radius 3 is 2.19 bits per heavy atom. The van der Waals surface area contributed by atoms with E-state index in [1.165, 1.54) is 11.1 Å². The second kappa shape index (κ2) is 7.63. The largest absolute Gasteiger partial charge is 0.390 e. The number of likely N-dealkylation sites (tertiary alicyclic amines) is 1. The van der Waals surface area contributed by atoms with Crippen LogP contribution in [0.15, 0.2) is 42.5 Å². The lowest BCUT2D eigenvalue weighted by Gasteiger charge is -2.42. The summed E-state index contributed by atoms with van der Waals surface area (Å²) in [4.78, 5) is 4.68. The number of anilines is 1. The number of hydrogen-bond donors (Lipinski definition) is 1. The number of halogens is 2. The summed E-state index contributed by atoms with van der Waals surface area (Å²) in [6.45, 7) is 6.73. The van der Waals surface area contributed by atoms with E-state index >= 15 is 0 Å². The molecule has 0 spiro atoms. The molecule has 1 N–H and O–H groups in total. The Balaban J connectivity index is 1.33. The minimum atomic E-state index is -0.485. The molecule has 0 amide bonds. The number of piperidine rings is 1. The van der Waals surface area contributed by atoms with Crippen LogP contribution >= 0.6 is 23.2 Å². The van der Waals surface area contributed by atoms with Gasteiger partial charge in [-0.05, 0) is 43.0 Å². The van der Waals surface area contributed by atoms with Crippen LogP contribution in [0, 0.1) is 0 Å². The molecule has 2 aromatic rings. The van der Waals surface area contributed by atoms with Gasteiger partial charge in [0.05, 0.1) is 21.3 Å². The van der Waals surface area contributed by atoms with E-state index in [1.54, 1.807) is 0 Å². The van der Waals surface area contributed by atoms with E-state index in [2.05, 4.69) is 34.1 Å². The third kappa shape index (κ3) is 4.27. The Bertz CT molecular complexity index is 770. The van der Waals surface area contributed by atoms with Crippen molar-refractivity contribution in [2.24, 2.45) is 0 Å². The van der Waals surface area contributed by atoms with E-state index in [9.17, 15) is 5.11 Å². The fourth-order valence-corrected chi connectivity index (χ4v) is 4.65. The lowest BCUT2D eigenvalue weighted by molar-refractivity contribution is -0.00730. The van der Waals surface area contributed by atoms with Gasteiger partial charge < -0.3 is 10.0 Å². The first-order valence-electron chi connectivity index (χ1n) is 9.64. The molecule has 3 nitrogen and oxygen atoms in total. The van der Waals surface area contributed by atoms with Gasteiger partial charge in [-0.15, -0.1) is 0 Å². The predicted octanol–water partition coefficient (Wildman–Crippen LogP) is 4.94. The van der Waals surface area contributed by atoms with Crippen LogP contribution in [0.2, 0.25) is 10.0 Å². The maximum atomic E-state index is 10.1. The molecule has 0 radical (unpaired) electrons. The first-order chi connectivity index (χ1) is 12.9. The SMILES string of the molecule is CC1(O)CCN(Cc2ccc(C3CN(c4c(Cl)cccc4Cl)C3)cc2)CC1. The van der Waals surface area contributed by atoms with Gasteiger partial charge in [0.2, 0.25) is 0 Å². The van der Waals surface area contributed by atoms with E-state index in [4.69, 9.17) is 23.2 Å². The van der Waals surface area contributed by atoms with Crippen LogP contribution in [-0.4, -0.2) is 41.8 Å². The number of benzene rings is 2. The van der Waals surface area contributed by atoms with E-state index in [1.807, 2.05) is 25.1 Å². The number of hydrogen-bond acceptors (Lipinski definition) is 3. The van der Waals surface area contributed by atoms with Crippen molar-refractivity contribution in [3.05, 3.63) is 63.6 Å². The standard InChI is InChI=1S/C22H26Cl2N2O/c1-22(27)9-11-25(12-10-22)13-16-5-7-17(8-6-16)18-14-26(15-18)21-19(23)3-2-4-20(21)24/h2-8,18,27H,9-15H2,1H3. The molecule has 2 fully saturated rings. The molecule has 27 heavy (non-hydrogen) atoms. The average Bonchev–Trinajstić information content (AvgIpc) is 2.59. The molecule has 0 bridgehead atoms. The first-order valence-corrected chi connectivity index (χ1v) is 10.4. The minimum absolute atomic E-state index is 0.485. The van der Waals surface area contributed by atoms with Gasteiger partial charge in [0.25, 0.3) is 0 Å². The predicted molar refractivity (Wildman–Crippen MR) is 113 cm³/mol. The molecule has 2 saturated heterocycles. The van der Waals surface area contributed by atoms with E-state index < -0.39 is 5.60 Å². The Hall–Kier alpha value is -1.26. The number of aliphatic hydroxyl groups is 1. The van der Waals surface area contributed by atoms with Crippen molar-refractivity contribution in [3.63, 3.8) is 0 Å². The third-order valence-corrected chi connectivity index (χ3v) is 6.54. The maximum Gasteiger partial charge on any atom is 0.0745 e. The number of rotatable bonds is 4. The zero-order valence-electron chi connectivity index (χ0n) is 15.7. The quantitative estimate of drug-likeness (QED) is 0.780. The average molecular weight is 405 g/mol. The zero-order chi connectivity index (χ0) is 19.0. The molecule has 0 aromatic heterocycles. The maximum absolute atomic E-state index is 10.1. The van der Waals surface area contributed by atoms with Crippen molar-refractivity contribution in [1.29, 1.82) is 0 Å². The van der Waals surface area contributed by atoms with Gasteiger partial charge in [-0.25, -0.2) is 0 Å². The van der Waals surface area contributed by atoms with Crippen LogP contribution in [0.4, 0.5) is 5.69 Å². The summed E-state index contributed by atoms with van der Waals surface area (Å²) in [5, 5.41) is 11.5. The fraction of sp³-hybridized carbons (Fsp3) is 0.455. The van der Waals surface area contributed by atoms with E-state index in [0.29, 0.717) is 5.92 Å². The summed E-state index contributed by atoms with van der Waals surface area (Å²) < 4.78 is 0. The van der Waals surface area contributed by atoms with Gasteiger partial charge in [0, 0.05) is 38.6 Å². The van der Waals surface area contributed by atoms with Gasteiger partial charge in [-0.2, -0.15) is 0 Å². The molecule has 0 unspecified atom stereocenters. The highest BCUT2D eigenvalue weighted by Gasteiger charge is 2.31. The molecule has 2 aliphatic heterocycles. The Morgan fingerprint density at radius 2 is 1.59 bits per heavy atom. The fourth-order valence-electron chi connectivity index (χ4n) is 4.01. The van der Waals surface area contributed by atoms with Gasteiger partial charge >= 0.3 is 0 Å². The van der Waals surface area contributed by atoms with E-state index in [-0.39, 0.29) is 0 Å². The summed E-state index contributed by atoms with van der Waals surface area (Å²) in [6, 6.07) is 14.7. The lowest BCUT2D eigenvalue weighted by Crippen LogP contribution is -2.45. The van der Waals surface area contributed by atoms with Crippen molar-refractivity contribution in [2.45, 2.75) is 37.8 Å². The van der Waals surface area contributed by atoms with Crippen molar-refractivity contribution in [1.82, 2.24) is 4.90 Å². The molecule has 5 heteroatoms. The van der Waals surface area contributed by atoms with Crippen molar-refractivity contribution in [3.8, 4) is 0 Å². The third-order valence-electron chi connectivity index (χ3n) is 5.93. The molecule has 0 aliphatic carbocycles. The van der Waals surface area contributed by atoms with Crippen LogP contribution in [0.1, 0.15) is 36.8 Å². The zero-order valence-corrected chi connectivity index (χ0v) is 17.2. The molecule has 2 aromatic carbocycles. The van der Waals surface area contributed by atoms with Gasteiger partial charge in [0.15, 0.2) is 0 Å². The molecule has 144 valence electrons. The molecule has 4 rings (SSSR count). The Morgan fingerprint density at radius 1 is 1.00 bits per heavy atom. The first kappa shape index (κ1) is 19.1. The van der Waals surface area contributed by atoms with Crippen LogP contribution < -0.4 is 4.90 Å². The van der Waals surface area contributed by atoms with Crippen molar-refractivity contribution in [2.75, 3.05) is 31.1 Å². The molecule has 0 saturated carbocycles. The summed E-state index contributed by atoms with van der Waals surface area (Å²) >= 11 is 12.6. The molecule has 2 heterocycles. The van der Waals surface area contributed by atoms with Crippen LogP contribution in [0.25, 0.3) is 0 Å². The lowest BCUT2D eigenvalue weighted by atomic mass is 9.90. The number of para-hydroxylation sites is 1. The highest BCUT2D eigenvalue weighted by Crippen LogP contribution is 2.40. The summed E-state index contributed by atoms with van der Waals surface area (Å²) in [6.07, 6.45) is 1.71. The highest BCUT2D eigenvalue weighted by molar-refractivity contribution is 6.39. The second-order valence-corrected chi connectivity index (χ2v) is 9.00. The van der Waals surface area contributed by atoms with Gasteiger partial charge in [0.1, 0.15) is 0 Å². The summed E-state index contributed by atoms with van der Waals surface area (Å²) in [7, 11) is 0.